The summed E-state index contributed by atoms with van der Waals surface area (Å²) in [7, 11) is -2.49. The van der Waals surface area contributed by atoms with Gasteiger partial charge in [-0.1, -0.05) is 165 Å². The highest BCUT2D eigenvalue weighted by atomic mass is 28.3. The van der Waals surface area contributed by atoms with Crippen LogP contribution in [0.25, 0.3) is 65.6 Å². The molecule has 1 aliphatic rings. The van der Waals surface area contributed by atoms with E-state index in [9.17, 15) is 0 Å². The first kappa shape index (κ1) is 31.8. The SMILES string of the molecule is CC[Si]1(C)C(c2cccc(-c3ccc4ccccc4c3)n2)=C(c2ccccc2)C(c2ccccc2)=C1c1cccc(-c2ccc3ccccc3c2)n1. The Morgan fingerprint density at radius 2 is 0.750 bits per heavy atom. The number of aromatic nitrogens is 2. The number of rotatable bonds is 7. The van der Waals surface area contributed by atoms with E-state index in [1.54, 1.807) is 0 Å². The largest absolute Gasteiger partial charge is 0.249 e. The van der Waals surface area contributed by atoms with E-state index in [1.165, 1.54) is 54.2 Å². The van der Waals surface area contributed by atoms with Crippen molar-refractivity contribution in [1.82, 2.24) is 9.97 Å². The summed E-state index contributed by atoms with van der Waals surface area (Å²) in [6.07, 6.45) is 0. The van der Waals surface area contributed by atoms with Crippen LogP contribution in [0, 0.1) is 0 Å². The molecule has 2 aromatic heterocycles. The average Bonchev–Trinajstić information content (AvgIpc) is 3.50. The van der Waals surface area contributed by atoms with Crippen molar-refractivity contribution in [1.29, 1.82) is 0 Å². The standard InChI is InChI=1S/C49H38N2Si/c1-3-52(2)48(44-26-14-24-42(50-44)40-30-28-34-16-10-12-22-38(34)32-40)46(36-18-6-4-7-19-36)47(37-20-8-5-9-21-37)49(52)45-27-15-25-43(51-45)41-31-29-35-17-11-13-23-39(35)33-41/h4-33H,3H2,1-2H3. The lowest BCUT2D eigenvalue weighted by Crippen LogP contribution is -2.32. The minimum absolute atomic E-state index is 0.988. The number of fused-ring (bicyclic) bond motifs is 2. The molecule has 0 radical (unpaired) electrons. The fraction of sp³-hybridized carbons (Fsp3) is 0.0612. The molecule has 2 nitrogen and oxygen atoms in total. The molecule has 0 atom stereocenters. The molecule has 52 heavy (non-hydrogen) atoms. The van der Waals surface area contributed by atoms with E-state index in [0.717, 1.165) is 39.9 Å². The number of allylic oxidation sites excluding steroid dienone is 2. The van der Waals surface area contributed by atoms with Crippen LogP contribution in [0.2, 0.25) is 12.6 Å². The van der Waals surface area contributed by atoms with Crippen LogP contribution in [-0.4, -0.2) is 18.0 Å². The zero-order valence-corrected chi connectivity index (χ0v) is 30.4. The highest BCUT2D eigenvalue weighted by Crippen LogP contribution is 2.56. The Bertz CT molecular complexity index is 2490. The third kappa shape index (κ3) is 5.51. The van der Waals surface area contributed by atoms with Gasteiger partial charge in [-0.15, -0.1) is 0 Å². The van der Waals surface area contributed by atoms with Gasteiger partial charge in [-0.05, 0) is 90.6 Å². The Hall–Kier alpha value is -6.16. The minimum atomic E-state index is -2.49. The first-order valence-corrected chi connectivity index (χ1v) is 20.9. The second kappa shape index (κ2) is 13.2. The molecule has 9 rings (SSSR count). The van der Waals surface area contributed by atoms with Gasteiger partial charge in [0, 0.05) is 11.1 Å². The predicted molar refractivity (Wildman–Crippen MR) is 223 cm³/mol. The van der Waals surface area contributed by atoms with E-state index in [1.807, 2.05) is 0 Å². The summed E-state index contributed by atoms with van der Waals surface area (Å²) in [5.41, 5.74) is 11.3. The topological polar surface area (TPSA) is 25.8 Å². The zero-order valence-electron chi connectivity index (χ0n) is 29.4. The van der Waals surface area contributed by atoms with E-state index in [2.05, 4.69) is 195 Å². The van der Waals surface area contributed by atoms with Gasteiger partial charge in [0.15, 0.2) is 0 Å². The zero-order chi connectivity index (χ0) is 35.1. The summed E-state index contributed by atoms with van der Waals surface area (Å²) in [5.74, 6) is 0. The lowest BCUT2D eigenvalue weighted by molar-refractivity contribution is 1.27. The smallest absolute Gasteiger partial charge is 0.122 e. The van der Waals surface area contributed by atoms with Crippen molar-refractivity contribution in [2.75, 3.05) is 0 Å². The van der Waals surface area contributed by atoms with Gasteiger partial charge in [-0.3, -0.25) is 0 Å². The van der Waals surface area contributed by atoms with Gasteiger partial charge < -0.3 is 0 Å². The van der Waals surface area contributed by atoms with Crippen molar-refractivity contribution < 1.29 is 0 Å². The van der Waals surface area contributed by atoms with Crippen LogP contribution in [0.3, 0.4) is 0 Å². The summed E-state index contributed by atoms with van der Waals surface area (Å²) in [4.78, 5) is 11.1. The van der Waals surface area contributed by atoms with Gasteiger partial charge in [0.05, 0.1) is 22.8 Å². The molecule has 0 saturated heterocycles. The summed E-state index contributed by atoms with van der Waals surface area (Å²) >= 11 is 0. The van der Waals surface area contributed by atoms with E-state index in [0.29, 0.717) is 0 Å². The Balaban J connectivity index is 1.29. The molecule has 6 aromatic carbocycles. The van der Waals surface area contributed by atoms with E-state index in [-0.39, 0.29) is 0 Å². The molecule has 0 saturated carbocycles. The fourth-order valence-electron chi connectivity index (χ4n) is 8.06. The van der Waals surface area contributed by atoms with Crippen LogP contribution >= 0.6 is 0 Å². The summed E-state index contributed by atoms with van der Waals surface area (Å²) in [6, 6.07) is 66.4. The van der Waals surface area contributed by atoms with Crippen molar-refractivity contribution in [3.8, 4) is 22.5 Å². The number of hydrogen-bond acceptors (Lipinski definition) is 2. The second-order valence-electron chi connectivity index (χ2n) is 13.9. The lowest BCUT2D eigenvalue weighted by atomic mass is 9.90. The van der Waals surface area contributed by atoms with E-state index < -0.39 is 8.07 Å². The Kier molecular flexibility index (Phi) is 8.06. The lowest BCUT2D eigenvalue weighted by Gasteiger charge is -2.29. The molecular weight excluding hydrogens is 645 g/mol. The number of pyridine rings is 2. The molecule has 3 heteroatoms. The molecule has 1 aliphatic heterocycles. The first-order chi connectivity index (χ1) is 25.6. The monoisotopic (exact) mass is 682 g/mol. The molecule has 0 N–H and O–H groups in total. The summed E-state index contributed by atoms with van der Waals surface area (Å²) in [6.45, 7) is 4.90. The number of nitrogens with zero attached hydrogens (tertiary/aromatic N) is 2. The minimum Gasteiger partial charge on any atom is -0.249 e. The van der Waals surface area contributed by atoms with Crippen LogP contribution in [0.1, 0.15) is 29.4 Å². The van der Waals surface area contributed by atoms with Crippen molar-refractivity contribution >= 4 is 51.2 Å². The maximum atomic E-state index is 5.53. The fourth-order valence-corrected chi connectivity index (χ4v) is 12.1. The first-order valence-electron chi connectivity index (χ1n) is 18.1. The van der Waals surface area contributed by atoms with Gasteiger partial charge in [0.1, 0.15) is 8.07 Å². The van der Waals surface area contributed by atoms with Crippen molar-refractivity contribution in [2.45, 2.75) is 19.5 Å². The van der Waals surface area contributed by atoms with Gasteiger partial charge in [0.2, 0.25) is 0 Å². The van der Waals surface area contributed by atoms with Crippen LogP contribution in [0.5, 0.6) is 0 Å². The third-order valence-corrected chi connectivity index (χ3v) is 15.4. The van der Waals surface area contributed by atoms with Crippen molar-refractivity contribution in [2.24, 2.45) is 0 Å². The van der Waals surface area contributed by atoms with Crippen molar-refractivity contribution in [3.05, 3.63) is 205 Å². The highest BCUT2D eigenvalue weighted by molar-refractivity contribution is 7.13. The van der Waals surface area contributed by atoms with Crippen molar-refractivity contribution in [3.63, 3.8) is 0 Å². The predicted octanol–water partition coefficient (Wildman–Crippen LogP) is 12.8. The average molecular weight is 683 g/mol. The summed E-state index contributed by atoms with van der Waals surface area (Å²) in [5, 5.41) is 7.65. The van der Waals surface area contributed by atoms with E-state index >= 15 is 0 Å². The normalized spacial score (nSPS) is 14.0. The number of benzene rings is 6. The third-order valence-electron chi connectivity index (χ3n) is 10.8. The Morgan fingerprint density at radius 3 is 1.17 bits per heavy atom. The molecule has 0 aliphatic carbocycles. The molecular formula is C49H38N2Si. The molecule has 3 heterocycles. The van der Waals surface area contributed by atoms with Crippen LogP contribution in [0.4, 0.5) is 0 Å². The Morgan fingerprint density at radius 1 is 0.365 bits per heavy atom. The van der Waals surface area contributed by atoms with Gasteiger partial charge in [0.25, 0.3) is 0 Å². The Labute approximate surface area is 306 Å². The molecule has 0 fully saturated rings. The summed E-state index contributed by atoms with van der Waals surface area (Å²) < 4.78 is 0. The number of hydrogen-bond donors (Lipinski definition) is 0. The van der Waals surface area contributed by atoms with E-state index in [4.69, 9.17) is 9.97 Å². The van der Waals surface area contributed by atoms with Crippen LogP contribution in [0.15, 0.2) is 182 Å². The van der Waals surface area contributed by atoms with Crippen LogP contribution < -0.4 is 0 Å². The molecule has 0 unspecified atom stereocenters. The maximum absolute atomic E-state index is 5.53. The molecule has 0 amide bonds. The van der Waals surface area contributed by atoms with Gasteiger partial charge in [-0.2, -0.15) is 0 Å². The maximum Gasteiger partial charge on any atom is 0.122 e. The molecule has 0 spiro atoms. The van der Waals surface area contributed by atoms with Gasteiger partial charge in [-0.25, -0.2) is 9.97 Å². The highest BCUT2D eigenvalue weighted by Gasteiger charge is 2.47. The van der Waals surface area contributed by atoms with Crippen LogP contribution in [-0.2, 0) is 0 Å². The quantitative estimate of drug-likeness (QED) is 0.156. The molecule has 8 aromatic rings. The molecule has 248 valence electrons. The second-order valence-corrected chi connectivity index (χ2v) is 18.2. The van der Waals surface area contributed by atoms with Gasteiger partial charge >= 0.3 is 0 Å². The molecule has 0 bridgehead atoms.